The summed E-state index contributed by atoms with van der Waals surface area (Å²) in [5.41, 5.74) is 2.14. The highest BCUT2D eigenvalue weighted by atomic mass is 16.6. The summed E-state index contributed by atoms with van der Waals surface area (Å²) in [7, 11) is 0. The van der Waals surface area contributed by atoms with Gasteiger partial charge in [-0.15, -0.1) is 0 Å². The quantitative estimate of drug-likeness (QED) is 0.200. The molecular weight excluding hydrogens is 440 g/mol. The topological polar surface area (TPSA) is 95.0 Å². The van der Waals surface area contributed by atoms with Crippen LogP contribution in [0.15, 0.2) is 29.3 Å². The van der Waals surface area contributed by atoms with Gasteiger partial charge >= 0.3 is 0 Å². The third kappa shape index (κ3) is 11.1. The van der Waals surface area contributed by atoms with E-state index in [1.165, 1.54) is 50.5 Å². The molecule has 1 aliphatic heterocycles. The Morgan fingerprint density at radius 3 is 2.43 bits per heavy atom. The maximum Gasteiger partial charge on any atom is 0.268 e. The average Bonchev–Trinajstić information content (AvgIpc) is 2.99. The summed E-state index contributed by atoms with van der Waals surface area (Å²) in [6.45, 7) is 10.5. The molecule has 1 heterocycles. The lowest BCUT2D eigenvalue weighted by Gasteiger charge is -2.34. The molecule has 35 heavy (non-hydrogen) atoms. The number of hydrogen-bond acceptors (Lipinski definition) is 6. The Balaban J connectivity index is 1.80. The third-order valence-electron chi connectivity index (χ3n) is 6.60. The molecule has 0 fully saturated rings. The van der Waals surface area contributed by atoms with Gasteiger partial charge < -0.3 is 15.2 Å². The van der Waals surface area contributed by atoms with Gasteiger partial charge in [-0.1, -0.05) is 64.5 Å². The monoisotopic (exact) mass is 488 g/mol. The number of unbranched alkanes of at least 4 members (excludes halogenated alkanes) is 6. The summed E-state index contributed by atoms with van der Waals surface area (Å²) in [5, 5.41) is 20.6. The highest BCUT2D eigenvalue weighted by Crippen LogP contribution is 2.20. The van der Waals surface area contributed by atoms with Crippen LogP contribution in [-0.2, 0) is 11.2 Å². The molecule has 0 spiro atoms. The molecule has 0 radical (unpaired) electrons. The minimum atomic E-state index is -1.50. The van der Waals surface area contributed by atoms with Gasteiger partial charge in [0.05, 0.1) is 18.6 Å². The largest absolute Gasteiger partial charge is 0.449 e. The van der Waals surface area contributed by atoms with E-state index < -0.39 is 5.91 Å². The lowest BCUT2D eigenvalue weighted by Crippen LogP contribution is -2.60. The van der Waals surface area contributed by atoms with Crippen LogP contribution in [0.3, 0.4) is 0 Å². The number of benzene rings is 1. The first-order valence-electron chi connectivity index (χ1n) is 13.6. The molecule has 0 saturated heterocycles. The maximum atomic E-state index is 11.7. The number of nitrogens with zero attached hydrogens (tertiary/aromatic N) is 1. The number of carbonyl (C=O) groups excluding carboxylic acids is 1. The van der Waals surface area contributed by atoms with Crippen LogP contribution in [0.25, 0.3) is 0 Å². The van der Waals surface area contributed by atoms with Gasteiger partial charge in [0.15, 0.2) is 0 Å². The zero-order chi connectivity index (χ0) is 25.7. The standard InChI is InChI=1S/C28H48N4O3/c1-6-8-9-10-11-12-13-14-24-15-17-25(18-16-24)35-28(34,7-2)32-23(5)31-22(4)26-20-29-27(33)19-21(3)30-26/h15-18,22-23,26,31-32,34H,6-14,19-20H2,1-5H3,(H,29,33). The van der Waals surface area contributed by atoms with E-state index in [0.717, 1.165) is 12.1 Å². The van der Waals surface area contributed by atoms with Gasteiger partial charge in [0.1, 0.15) is 5.75 Å². The molecule has 7 heteroatoms. The number of hydrogen-bond donors (Lipinski definition) is 4. The first kappa shape index (κ1) is 29.3. The van der Waals surface area contributed by atoms with Crippen molar-refractivity contribution in [1.82, 2.24) is 16.0 Å². The second-order valence-electron chi connectivity index (χ2n) is 9.99. The van der Waals surface area contributed by atoms with E-state index in [-0.39, 0.29) is 24.2 Å². The number of aryl methyl sites for hydroxylation is 1. The van der Waals surface area contributed by atoms with Crippen molar-refractivity contribution in [2.75, 3.05) is 6.54 Å². The smallest absolute Gasteiger partial charge is 0.268 e. The van der Waals surface area contributed by atoms with Crippen molar-refractivity contribution in [3.63, 3.8) is 0 Å². The third-order valence-corrected chi connectivity index (χ3v) is 6.60. The number of ether oxygens (including phenoxy) is 1. The zero-order valence-corrected chi connectivity index (χ0v) is 22.5. The highest BCUT2D eigenvalue weighted by molar-refractivity contribution is 6.00. The molecule has 4 unspecified atom stereocenters. The number of carbonyl (C=O) groups is 1. The zero-order valence-electron chi connectivity index (χ0n) is 22.5. The van der Waals surface area contributed by atoms with Crippen LogP contribution in [0.1, 0.15) is 98.0 Å². The van der Waals surface area contributed by atoms with Gasteiger partial charge in [0.2, 0.25) is 5.91 Å². The van der Waals surface area contributed by atoms with Crippen molar-refractivity contribution in [3.8, 4) is 5.75 Å². The van der Waals surface area contributed by atoms with E-state index in [9.17, 15) is 9.90 Å². The molecule has 2 rings (SSSR count). The number of rotatable bonds is 16. The molecular formula is C28H48N4O3. The number of aliphatic hydroxyl groups is 1. The summed E-state index contributed by atoms with van der Waals surface area (Å²) in [5.74, 6) is -0.852. The van der Waals surface area contributed by atoms with Crippen LogP contribution >= 0.6 is 0 Å². The van der Waals surface area contributed by atoms with Gasteiger partial charge in [-0.3, -0.25) is 15.1 Å². The summed E-state index contributed by atoms with van der Waals surface area (Å²) in [6.07, 6.45) is 10.7. The van der Waals surface area contributed by atoms with Crippen LogP contribution in [0.4, 0.5) is 0 Å². The number of amides is 1. The van der Waals surface area contributed by atoms with Crippen LogP contribution in [0.5, 0.6) is 5.75 Å². The van der Waals surface area contributed by atoms with Gasteiger partial charge in [0, 0.05) is 24.7 Å². The maximum absolute atomic E-state index is 11.7. The summed E-state index contributed by atoms with van der Waals surface area (Å²) in [6, 6.07) is 7.99. The Hall–Kier alpha value is -1.96. The van der Waals surface area contributed by atoms with E-state index in [1.54, 1.807) is 0 Å². The van der Waals surface area contributed by atoms with E-state index in [2.05, 4.69) is 40.0 Å². The number of nitrogens with one attached hydrogen (secondary N) is 3. The van der Waals surface area contributed by atoms with Crippen LogP contribution < -0.4 is 20.7 Å². The Labute approximate surface area is 212 Å². The van der Waals surface area contributed by atoms with E-state index in [4.69, 9.17) is 4.74 Å². The van der Waals surface area contributed by atoms with Crippen LogP contribution in [-0.4, -0.2) is 47.4 Å². The predicted octanol–water partition coefficient (Wildman–Crippen LogP) is 4.68. The molecule has 7 nitrogen and oxygen atoms in total. The Bertz CT molecular complexity index is 783. The highest BCUT2D eigenvalue weighted by Gasteiger charge is 2.30. The Morgan fingerprint density at radius 1 is 1.11 bits per heavy atom. The molecule has 1 aromatic carbocycles. The summed E-state index contributed by atoms with van der Waals surface area (Å²) >= 11 is 0. The second kappa shape index (κ2) is 15.2. The minimum Gasteiger partial charge on any atom is -0.449 e. The molecule has 0 aromatic heterocycles. The number of aliphatic imine (C=N–C) groups is 1. The molecule has 1 amide bonds. The van der Waals surface area contributed by atoms with Gasteiger partial charge in [-0.05, 0) is 51.3 Å². The lowest BCUT2D eigenvalue weighted by molar-refractivity contribution is -0.172. The van der Waals surface area contributed by atoms with E-state index in [1.807, 2.05) is 39.8 Å². The Kier molecular flexibility index (Phi) is 12.7. The fourth-order valence-corrected chi connectivity index (χ4v) is 4.47. The van der Waals surface area contributed by atoms with Crippen molar-refractivity contribution in [2.24, 2.45) is 4.99 Å². The van der Waals surface area contributed by atoms with Crippen molar-refractivity contribution in [2.45, 2.75) is 123 Å². The summed E-state index contributed by atoms with van der Waals surface area (Å²) < 4.78 is 5.96. The molecule has 0 aliphatic carbocycles. The molecule has 198 valence electrons. The Morgan fingerprint density at radius 2 is 1.77 bits per heavy atom. The van der Waals surface area contributed by atoms with Gasteiger partial charge in [0.25, 0.3) is 5.91 Å². The normalized spacial score (nSPS) is 19.8. The van der Waals surface area contributed by atoms with Crippen molar-refractivity contribution in [1.29, 1.82) is 0 Å². The predicted molar refractivity (Wildman–Crippen MR) is 144 cm³/mol. The first-order chi connectivity index (χ1) is 16.7. The minimum absolute atomic E-state index is 0.00196. The molecule has 0 bridgehead atoms. The molecule has 4 N–H and O–H groups in total. The van der Waals surface area contributed by atoms with Gasteiger partial charge in [-0.25, -0.2) is 5.32 Å². The van der Waals surface area contributed by atoms with Gasteiger partial charge in [-0.2, -0.15) is 0 Å². The van der Waals surface area contributed by atoms with Crippen LogP contribution in [0.2, 0.25) is 0 Å². The molecule has 1 aromatic rings. The molecule has 4 atom stereocenters. The molecule has 1 aliphatic rings. The fourth-order valence-electron chi connectivity index (χ4n) is 4.47. The lowest BCUT2D eigenvalue weighted by atomic mass is 10.0. The molecule has 0 saturated carbocycles. The first-order valence-corrected chi connectivity index (χ1v) is 13.6. The van der Waals surface area contributed by atoms with Crippen molar-refractivity contribution >= 4 is 11.6 Å². The fraction of sp³-hybridized carbons (Fsp3) is 0.714. The van der Waals surface area contributed by atoms with Crippen molar-refractivity contribution < 1.29 is 14.6 Å². The SMILES string of the molecule is CCCCCCCCCc1ccc(OC(O)(CC)NC(C)NC(C)C2CNC(=O)CC(C)=N2)cc1. The second-order valence-corrected chi connectivity index (χ2v) is 9.99. The van der Waals surface area contributed by atoms with E-state index in [0.29, 0.717) is 25.1 Å². The summed E-state index contributed by atoms with van der Waals surface area (Å²) in [4.78, 5) is 16.4. The average molecular weight is 489 g/mol. The van der Waals surface area contributed by atoms with Crippen LogP contribution in [0, 0.1) is 0 Å². The van der Waals surface area contributed by atoms with E-state index >= 15 is 0 Å². The van der Waals surface area contributed by atoms with Crippen molar-refractivity contribution in [3.05, 3.63) is 29.8 Å².